The highest BCUT2D eigenvalue weighted by atomic mass is 28.3. The van der Waals surface area contributed by atoms with Gasteiger partial charge in [0.25, 0.3) is 0 Å². The molecular formula is C30H35FNOSi+. The van der Waals surface area contributed by atoms with E-state index in [4.69, 9.17) is 4.42 Å². The zero-order valence-electron chi connectivity index (χ0n) is 21.7. The Morgan fingerprint density at radius 3 is 2.65 bits per heavy atom. The quantitative estimate of drug-likeness (QED) is 0.211. The highest BCUT2D eigenvalue weighted by Crippen LogP contribution is 2.54. The Hall–Kier alpha value is -2.46. The van der Waals surface area contributed by atoms with Crippen LogP contribution in [0.5, 0.6) is 0 Å². The van der Waals surface area contributed by atoms with E-state index in [0.29, 0.717) is 29.0 Å². The van der Waals surface area contributed by atoms with Gasteiger partial charge in [-0.3, -0.25) is 0 Å². The molecule has 2 aliphatic rings. The van der Waals surface area contributed by atoms with Gasteiger partial charge < -0.3 is 4.42 Å². The number of pyridine rings is 1. The van der Waals surface area contributed by atoms with E-state index in [9.17, 15) is 1.37 Å². The number of aromatic nitrogens is 1. The fourth-order valence-electron chi connectivity index (χ4n) is 7.00. The van der Waals surface area contributed by atoms with Crippen molar-refractivity contribution in [2.24, 2.45) is 13.0 Å². The van der Waals surface area contributed by atoms with E-state index < -0.39 is 14.0 Å². The van der Waals surface area contributed by atoms with E-state index in [1.807, 2.05) is 31.4 Å². The Kier molecular flexibility index (Phi) is 4.94. The van der Waals surface area contributed by atoms with Crippen LogP contribution < -0.4 is 4.57 Å². The number of hydrogen-bond donors (Lipinski definition) is 0. The van der Waals surface area contributed by atoms with Gasteiger partial charge in [0.1, 0.15) is 24.0 Å². The Bertz CT molecular complexity index is 1460. The molecule has 4 heteroatoms. The zero-order valence-corrected chi connectivity index (χ0v) is 21.7. The molecule has 0 spiro atoms. The van der Waals surface area contributed by atoms with Crippen LogP contribution in [0.4, 0.5) is 4.39 Å². The second-order valence-electron chi connectivity index (χ2n) is 11.3. The van der Waals surface area contributed by atoms with Crippen LogP contribution >= 0.6 is 0 Å². The Morgan fingerprint density at radius 1 is 1.03 bits per heavy atom. The number of aryl methyl sites for hydroxylation is 2. The lowest BCUT2D eigenvalue weighted by Gasteiger charge is -2.48. The summed E-state index contributed by atoms with van der Waals surface area (Å²) in [7, 11) is 0.602. The summed E-state index contributed by atoms with van der Waals surface area (Å²) in [5.74, 6) is -0.509. The van der Waals surface area contributed by atoms with Crippen molar-refractivity contribution in [2.75, 3.05) is 0 Å². The van der Waals surface area contributed by atoms with Crippen LogP contribution in [0.1, 0.15) is 50.5 Å². The monoisotopic (exact) mass is 473 g/mol. The van der Waals surface area contributed by atoms with Gasteiger partial charge in [0.05, 0.1) is 13.6 Å². The summed E-state index contributed by atoms with van der Waals surface area (Å²) in [5, 5.41) is 1.92. The number of benzene rings is 2. The molecule has 0 radical (unpaired) electrons. The van der Waals surface area contributed by atoms with E-state index >= 15 is 4.39 Å². The van der Waals surface area contributed by atoms with Crippen molar-refractivity contribution in [1.82, 2.24) is 0 Å². The highest BCUT2D eigenvalue weighted by Gasteiger charge is 2.44. The zero-order chi connectivity index (χ0) is 24.5. The molecule has 3 heterocycles. The molecule has 4 aromatic rings. The third-order valence-electron chi connectivity index (χ3n) is 8.88. The van der Waals surface area contributed by atoms with Crippen LogP contribution in [0.15, 0.2) is 53.1 Å². The first-order valence-corrected chi connectivity index (χ1v) is 16.1. The molecule has 2 fully saturated rings. The Balaban J connectivity index is 1.57. The molecule has 176 valence electrons. The number of rotatable bonds is 2. The maximum absolute atomic E-state index is 15.7. The molecule has 0 bridgehead atoms. The summed E-state index contributed by atoms with van der Waals surface area (Å²) in [6.07, 6.45) is 7.16. The van der Waals surface area contributed by atoms with Gasteiger partial charge in [-0.05, 0) is 67.3 Å². The van der Waals surface area contributed by atoms with Gasteiger partial charge in [0.2, 0.25) is 5.69 Å². The largest absolute Gasteiger partial charge is 0.455 e. The van der Waals surface area contributed by atoms with Gasteiger partial charge in [-0.2, -0.15) is 0 Å². The molecule has 34 heavy (non-hydrogen) atoms. The first-order valence-electron chi connectivity index (χ1n) is 13.3. The Morgan fingerprint density at radius 2 is 1.82 bits per heavy atom. The predicted octanol–water partition coefficient (Wildman–Crippen LogP) is 8.28. The topological polar surface area (TPSA) is 17.0 Å². The summed E-state index contributed by atoms with van der Waals surface area (Å²) >= 11 is 0. The maximum Gasteiger partial charge on any atom is 0.216 e. The highest BCUT2D eigenvalue weighted by molar-refractivity contribution is 6.79. The number of fused-ring (bicyclic) bond motifs is 4. The number of halogens is 1. The molecule has 3 unspecified atom stereocenters. The van der Waals surface area contributed by atoms with Crippen LogP contribution in [0.25, 0.3) is 33.2 Å². The minimum atomic E-state index is -1.43. The van der Waals surface area contributed by atoms with Gasteiger partial charge in [0, 0.05) is 29.8 Å². The van der Waals surface area contributed by atoms with Crippen molar-refractivity contribution in [3.8, 4) is 11.3 Å². The molecule has 6 rings (SSSR count). The smallest absolute Gasteiger partial charge is 0.216 e. The summed E-state index contributed by atoms with van der Waals surface area (Å²) in [6.45, 7) is 7.07. The van der Waals surface area contributed by atoms with E-state index in [2.05, 4.69) is 42.8 Å². The van der Waals surface area contributed by atoms with Gasteiger partial charge in [-0.1, -0.05) is 44.1 Å². The minimum absolute atomic E-state index is 0.288. The molecule has 2 aromatic carbocycles. The molecule has 1 aliphatic carbocycles. The lowest BCUT2D eigenvalue weighted by atomic mass is 9.76. The SMILES string of the molecule is [2H]C1(c2c(F)ccc3c2oc2c(-c4cccc[n+]4C)c(C)ccc23)CCC2CCC[Si](C)(C)C2C1. The predicted molar refractivity (Wildman–Crippen MR) is 140 cm³/mol. The summed E-state index contributed by atoms with van der Waals surface area (Å²) in [6, 6.07) is 15.1. The Labute approximate surface area is 204 Å². The molecule has 0 amide bonds. The molecule has 1 saturated heterocycles. The number of hydrogen-bond acceptors (Lipinski definition) is 1. The van der Waals surface area contributed by atoms with Crippen molar-refractivity contribution in [1.29, 1.82) is 0 Å². The van der Waals surface area contributed by atoms with Gasteiger partial charge in [-0.25, -0.2) is 8.96 Å². The normalized spacial score (nSPS) is 27.0. The molecular weight excluding hydrogens is 437 g/mol. The first kappa shape index (κ1) is 20.9. The van der Waals surface area contributed by atoms with E-state index in [0.717, 1.165) is 46.0 Å². The average molecular weight is 474 g/mol. The van der Waals surface area contributed by atoms with Crippen LogP contribution in [0, 0.1) is 18.7 Å². The minimum Gasteiger partial charge on any atom is -0.455 e. The lowest BCUT2D eigenvalue weighted by Crippen LogP contribution is -2.43. The van der Waals surface area contributed by atoms with Gasteiger partial charge in [-0.15, -0.1) is 0 Å². The van der Waals surface area contributed by atoms with Crippen LogP contribution in [0.2, 0.25) is 24.7 Å². The standard InChI is InChI=1S/C30H35FNOSi/c1-19-10-13-22-23-14-15-24(31)28(21-12-11-20-8-7-17-34(3,4)26(20)18-21)30(23)33-29(22)27(19)25-9-5-6-16-32(25)2/h5-6,9-10,13-16,20-21,26H,7-8,11-12,17-18H2,1-4H3/q+1/i21D. The van der Waals surface area contributed by atoms with Crippen molar-refractivity contribution in [2.45, 2.75) is 69.6 Å². The molecule has 1 aliphatic heterocycles. The number of nitrogens with zero attached hydrogens (tertiary/aromatic N) is 1. The van der Waals surface area contributed by atoms with Gasteiger partial charge in [0.15, 0.2) is 6.20 Å². The molecule has 2 aromatic heterocycles. The van der Waals surface area contributed by atoms with Crippen LogP contribution in [-0.2, 0) is 7.05 Å². The summed E-state index contributed by atoms with van der Waals surface area (Å²) in [4.78, 5) is 0. The van der Waals surface area contributed by atoms with Crippen molar-refractivity contribution >= 4 is 30.0 Å². The second kappa shape index (κ2) is 8.05. The van der Waals surface area contributed by atoms with Crippen molar-refractivity contribution in [3.63, 3.8) is 0 Å². The van der Waals surface area contributed by atoms with E-state index in [-0.39, 0.29) is 5.82 Å². The fraction of sp³-hybridized carbons (Fsp3) is 0.433. The first-order chi connectivity index (χ1) is 16.7. The third kappa shape index (κ3) is 3.37. The number of furan rings is 1. The molecule has 0 N–H and O–H groups in total. The molecule has 2 nitrogen and oxygen atoms in total. The summed E-state index contributed by atoms with van der Waals surface area (Å²) in [5.41, 5.74) is 5.66. The van der Waals surface area contributed by atoms with Crippen molar-refractivity contribution in [3.05, 3.63) is 65.6 Å². The fourth-order valence-corrected chi connectivity index (χ4v) is 10.9. The summed E-state index contributed by atoms with van der Waals surface area (Å²) < 4.78 is 34.1. The maximum atomic E-state index is 15.7. The van der Waals surface area contributed by atoms with Crippen LogP contribution in [-0.4, -0.2) is 8.07 Å². The van der Waals surface area contributed by atoms with Crippen molar-refractivity contribution < 1.29 is 14.7 Å². The van der Waals surface area contributed by atoms with E-state index in [1.165, 1.54) is 18.9 Å². The molecule has 3 atom stereocenters. The third-order valence-corrected chi connectivity index (χ3v) is 13.2. The van der Waals surface area contributed by atoms with Gasteiger partial charge >= 0.3 is 0 Å². The average Bonchev–Trinajstić information content (AvgIpc) is 3.18. The van der Waals surface area contributed by atoms with E-state index in [1.54, 1.807) is 6.07 Å². The molecule has 1 saturated carbocycles. The van der Waals surface area contributed by atoms with Crippen LogP contribution in [0.3, 0.4) is 0 Å². The second-order valence-corrected chi connectivity index (χ2v) is 16.5. The lowest BCUT2D eigenvalue weighted by molar-refractivity contribution is -0.660.